The Labute approximate surface area is 117 Å². The highest BCUT2D eigenvalue weighted by Crippen LogP contribution is 2.28. The number of rotatable bonds is 5. The smallest absolute Gasteiger partial charge is 0.322 e. The van der Waals surface area contributed by atoms with Gasteiger partial charge in [0.05, 0.1) is 7.11 Å². The van der Waals surface area contributed by atoms with Crippen LogP contribution in [0, 0.1) is 5.92 Å². The van der Waals surface area contributed by atoms with Gasteiger partial charge in [-0.1, -0.05) is 51.4 Å². The SMILES string of the molecule is COC(=O)[C@@H](CC1CCCCC1)NC1CCCCC1. The summed E-state index contributed by atoms with van der Waals surface area (Å²) in [4.78, 5) is 12.0. The fraction of sp³-hybridized carbons (Fsp3) is 0.938. The van der Waals surface area contributed by atoms with Gasteiger partial charge in [0.15, 0.2) is 0 Å². The van der Waals surface area contributed by atoms with Gasteiger partial charge in [-0.05, 0) is 25.2 Å². The Morgan fingerprint density at radius 3 is 2.21 bits per heavy atom. The lowest BCUT2D eigenvalue weighted by Crippen LogP contribution is -2.45. The molecule has 2 aliphatic rings. The molecule has 0 amide bonds. The third-order valence-corrected chi connectivity index (χ3v) is 4.82. The average Bonchev–Trinajstić information content (AvgIpc) is 2.48. The Morgan fingerprint density at radius 2 is 1.63 bits per heavy atom. The lowest BCUT2D eigenvalue weighted by Gasteiger charge is -2.30. The highest BCUT2D eigenvalue weighted by atomic mass is 16.5. The quantitative estimate of drug-likeness (QED) is 0.776. The molecule has 2 aliphatic carbocycles. The van der Waals surface area contributed by atoms with Crippen LogP contribution in [-0.2, 0) is 9.53 Å². The van der Waals surface area contributed by atoms with Crippen LogP contribution in [-0.4, -0.2) is 25.2 Å². The van der Waals surface area contributed by atoms with E-state index in [2.05, 4.69) is 5.32 Å². The van der Waals surface area contributed by atoms with Crippen molar-refractivity contribution < 1.29 is 9.53 Å². The normalized spacial score (nSPS) is 24.1. The maximum Gasteiger partial charge on any atom is 0.322 e. The first-order valence-electron chi connectivity index (χ1n) is 8.13. The van der Waals surface area contributed by atoms with E-state index in [-0.39, 0.29) is 12.0 Å². The molecule has 0 heterocycles. The molecule has 1 atom stereocenters. The number of methoxy groups -OCH3 is 1. The van der Waals surface area contributed by atoms with Gasteiger partial charge >= 0.3 is 5.97 Å². The van der Waals surface area contributed by atoms with E-state index in [1.807, 2.05) is 0 Å². The Kier molecular flexibility index (Phi) is 6.15. The summed E-state index contributed by atoms with van der Waals surface area (Å²) in [5, 5.41) is 3.58. The fourth-order valence-electron chi connectivity index (χ4n) is 3.68. The maximum atomic E-state index is 12.0. The molecule has 0 bridgehead atoms. The van der Waals surface area contributed by atoms with Crippen LogP contribution in [0.3, 0.4) is 0 Å². The van der Waals surface area contributed by atoms with Crippen molar-refractivity contribution in [3.05, 3.63) is 0 Å². The summed E-state index contributed by atoms with van der Waals surface area (Å²) in [7, 11) is 1.51. The van der Waals surface area contributed by atoms with E-state index >= 15 is 0 Å². The number of ether oxygens (including phenoxy) is 1. The molecule has 0 aromatic rings. The summed E-state index contributed by atoms with van der Waals surface area (Å²) in [5.74, 6) is 0.657. The third kappa shape index (κ3) is 4.79. The van der Waals surface area contributed by atoms with Crippen molar-refractivity contribution in [2.24, 2.45) is 5.92 Å². The molecule has 0 saturated heterocycles. The molecule has 19 heavy (non-hydrogen) atoms. The molecule has 2 fully saturated rings. The van der Waals surface area contributed by atoms with Gasteiger partial charge in [0.1, 0.15) is 6.04 Å². The molecule has 0 aromatic carbocycles. The molecule has 0 spiro atoms. The molecule has 0 aliphatic heterocycles. The largest absolute Gasteiger partial charge is 0.468 e. The van der Waals surface area contributed by atoms with Crippen molar-refractivity contribution >= 4 is 5.97 Å². The number of esters is 1. The lowest BCUT2D eigenvalue weighted by molar-refractivity contribution is -0.144. The summed E-state index contributed by atoms with van der Waals surface area (Å²) in [6.45, 7) is 0. The predicted molar refractivity (Wildman–Crippen MR) is 77.0 cm³/mol. The van der Waals surface area contributed by atoms with Crippen LogP contribution in [0.1, 0.15) is 70.6 Å². The van der Waals surface area contributed by atoms with Crippen LogP contribution < -0.4 is 5.32 Å². The summed E-state index contributed by atoms with van der Waals surface area (Å²) < 4.78 is 4.99. The number of nitrogens with one attached hydrogen (secondary N) is 1. The second kappa shape index (κ2) is 7.88. The van der Waals surface area contributed by atoms with Crippen LogP contribution >= 0.6 is 0 Å². The Morgan fingerprint density at radius 1 is 1.05 bits per heavy atom. The van der Waals surface area contributed by atoms with Gasteiger partial charge in [0.2, 0.25) is 0 Å². The zero-order valence-electron chi connectivity index (χ0n) is 12.3. The molecule has 0 aromatic heterocycles. The Balaban J connectivity index is 1.84. The van der Waals surface area contributed by atoms with Crippen LogP contribution in [0.4, 0.5) is 0 Å². The predicted octanol–water partition coefficient (Wildman–Crippen LogP) is 3.42. The minimum absolute atomic E-state index is 0.0591. The molecule has 2 saturated carbocycles. The van der Waals surface area contributed by atoms with Gasteiger partial charge < -0.3 is 10.1 Å². The van der Waals surface area contributed by atoms with Crippen molar-refractivity contribution in [1.29, 1.82) is 0 Å². The lowest BCUT2D eigenvalue weighted by atomic mass is 9.84. The minimum Gasteiger partial charge on any atom is -0.468 e. The van der Waals surface area contributed by atoms with E-state index in [1.165, 1.54) is 71.3 Å². The Bertz CT molecular complexity index is 248. The molecule has 1 N–H and O–H groups in total. The maximum absolute atomic E-state index is 12.0. The van der Waals surface area contributed by atoms with E-state index in [4.69, 9.17) is 4.74 Å². The molecule has 0 unspecified atom stereocenters. The summed E-state index contributed by atoms with van der Waals surface area (Å²) in [5.41, 5.74) is 0. The van der Waals surface area contributed by atoms with E-state index < -0.39 is 0 Å². The number of hydrogen-bond acceptors (Lipinski definition) is 3. The highest BCUT2D eigenvalue weighted by molar-refractivity contribution is 5.75. The number of carbonyl (C=O) groups is 1. The van der Waals surface area contributed by atoms with Crippen molar-refractivity contribution in [3.8, 4) is 0 Å². The monoisotopic (exact) mass is 267 g/mol. The second-order valence-corrected chi connectivity index (χ2v) is 6.32. The van der Waals surface area contributed by atoms with Gasteiger partial charge in [0, 0.05) is 6.04 Å². The van der Waals surface area contributed by atoms with E-state index in [0.717, 1.165) is 6.42 Å². The van der Waals surface area contributed by atoms with Crippen molar-refractivity contribution in [3.63, 3.8) is 0 Å². The van der Waals surface area contributed by atoms with E-state index in [1.54, 1.807) is 0 Å². The average molecular weight is 267 g/mol. The van der Waals surface area contributed by atoms with Gasteiger partial charge in [0.25, 0.3) is 0 Å². The van der Waals surface area contributed by atoms with E-state index in [9.17, 15) is 4.79 Å². The van der Waals surface area contributed by atoms with Crippen molar-refractivity contribution in [1.82, 2.24) is 5.32 Å². The first-order chi connectivity index (χ1) is 9.29. The van der Waals surface area contributed by atoms with Crippen LogP contribution in [0.15, 0.2) is 0 Å². The second-order valence-electron chi connectivity index (χ2n) is 6.32. The molecular weight excluding hydrogens is 238 g/mol. The van der Waals surface area contributed by atoms with Gasteiger partial charge in [-0.3, -0.25) is 4.79 Å². The summed E-state index contributed by atoms with van der Waals surface area (Å²) in [6.07, 6.45) is 14.0. The number of hydrogen-bond donors (Lipinski definition) is 1. The molecular formula is C16H29NO2. The fourth-order valence-corrected chi connectivity index (χ4v) is 3.68. The number of carbonyl (C=O) groups excluding carboxylic acids is 1. The van der Waals surface area contributed by atoms with Crippen LogP contribution in [0.5, 0.6) is 0 Å². The highest BCUT2D eigenvalue weighted by Gasteiger charge is 2.27. The molecule has 2 rings (SSSR count). The van der Waals surface area contributed by atoms with Crippen LogP contribution in [0.25, 0.3) is 0 Å². The van der Waals surface area contributed by atoms with Crippen LogP contribution in [0.2, 0.25) is 0 Å². The zero-order chi connectivity index (χ0) is 13.5. The van der Waals surface area contributed by atoms with Gasteiger partial charge in [-0.15, -0.1) is 0 Å². The van der Waals surface area contributed by atoms with Gasteiger partial charge in [-0.2, -0.15) is 0 Å². The Hall–Kier alpha value is -0.570. The first kappa shape index (κ1) is 14.8. The molecule has 110 valence electrons. The van der Waals surface area contributed by atoms with E-state index in [0.29, 0.717) is 12.0 Å². The first-order valence-corrected chi connectivity index (χ1v) is 8.13. The minimum atomic E-state index is -0.0730. The summed E-state index contributed by atoms with van der Waals surface area (Å²) in [6, 6.07) is 0.456. The zero-order valence-corrected chi connectivity index (χ0v) is 12.3. The third-order valence-electron chi connectivity index (χ3n) is 4.82. The summed E-state index contributed by atoms with van der Waals surface area (Å²) >= 11 is 0. The topological polar surface area (TPSA) is 38.3 Å². The van der Waals surface area contributed by atoms with Crippen molar-refractivity contribution in [2.75, 3.05) is 7.11 Å². The molecule has 0 radical (unpaired) electrons. The van der Waals surface area contributed by atoms with Gasteiger partial charge in [-0.25, -0.2) is 0 Å². The molecule has 3 nitrogen and oxygen atoms in total. The standard InChI is InChI=1S/C16H29NO2/c1-19-16(18)15(12-13-8-4-2-5-9-13)17-14-10-6-3-7-11-14/h13-15,17H,2-12H2,1H3/t15-/m1/s1. The van der Waals surface area contributed by atoms with Crippen molar-refractivity contribution in [2.45, 2.75) is 82.7 Å². The molecule has 3 heteroatoms.